The van der Waals surface area contributed by atoms with Gasteiger partial charge in [-0.1, -0.05) is 0 Å². The summed E-state index contributed by atoms with van der Waals surface area (Å²) in [6.07, 6.45) is 0.277. The van der Waals surface area contributed by atoms with Crippen molar-refractivity contribution in [2.24, 2.45) is 7.05 Å². The standard InChI is InChI=1S/C17H21N5O3/c1-10-5-11(22(2)21-10)6-17(23)18-9-16-19-12-7-14(24-3)15(25-4)8-13(12)20-16/h5,7-8H,6,9H2,1-4H3,(H,18,23)(H,19,20). The molecule has 0 aliphatic carbocycles. The summed E-state index contributed by atoms with van der Waals surface area (Å²) in [5.41, 5.74) is 3.34. The molecule has 1 aromatic carbocycles. The molecule has 8 nitrogen and oxygen atoms in total. The number of methoxy groups -OCH3 is 2. The van der Waals surface area contributed by atoms with Gasteiger partial charge in [0.05, 0.1) is 43.9 Å². The van der Waals surface area contributed by atoms with Crippen molar-refractivity contribution in [3.05, 3.63) is 35.4 Å². The summed E-state index contributed by atoms with van der Waals surface area (Å²) in [5.74, 6) is 1.82. The number of rotatable bonds is 6. The van der Waals surface area contributed by atoms with E-state index in [1.807, 2.05) is 26.1 Å². The van der Waals surface area contributed by atoms with Crippen molar-refractivity contribution in [1.82, 2.24) is 25.1 Å². The van der Waals surface area contributed by atoms with Gasteiger partial charge in [0, 0.05) is 24.9 Å². The Labute approximate surface area is 145 Å². The van der Waals surface area contributed by atoms with E-state index in [9.17, 15) is 4.79 Å². The first kappa shape index (κ1) is 16.8. The van der Waals surface area contributed by atoms with Crippen molar-refractivity contribution >= 4 is 16.9 Å². The zero-order chi connectivity index (χ0) is 18.0. The van der Waals surface area contributed by atoms with Crippen LogP contribution in [0, 0.1) is 6.92 Å². The number of fused-ring (bicyclic) bond motifs is 1. The molecule has 132 valence electrons. The van der Waals surface area contributed by atoms with Gasteiger partial charge in [0.1, 0.15) is 5.82 Å². The van der Waals surface area contributed by atoms with Crippen LogP contribution in [0.5, 0.6) is 11.5 Å². The number of benzene rings is 1. The molecule has 0 spiro atoms. The van der Waals surface area contributed by atoms with Gasteiger partial charge in [-0.3, -0.25) is 9.48 Å². The molecule has 2 N–H and O–H groups in total. The van der Waals surface area contributed by atoms with Crippen LogP contribution in [0.25, 0.3) is 11.0 Å². The van der Waals surface area contributed by atoms with E-state index < -0.39 is 0 Å². The first-order valence-corrected chi connectivity index (χ1v) is 7.87. The van der Waals surface area contributed by atoms with Gasteiger partial charge < -0.3 is 19.8 Å². The highest BCUT2D eigenvalue weighted by atomic mass is 16.5. The first-order chi connectivity index (χ1) is 12.0. The highest BCUT2D eigenvalue weighted by Gasteiger charge is 2.12. The Morgan fingerprint density at radius 3 is 2.60 bits per heavy atom. The quantitative estimate of drug-likeness (QED) is 0.707. The maximum atomic E-state index is 12.1. The molecule has 3 aromatic rings. The molecule has 3 rings (SSSR count). The van der Waals surface area contributed by atoms with Gasteiger partial charge in [-0.15, -0.1) is 0 Å². The number of imidazole rings is 1. The Morgan fingerprint density at radius 1 is 1.24 bits per heavy atom. The maximum Gasteiger partial charge on any atom is 0.226 e. The van der Waals surface area contributed by atoms with Gasteiger partial charge in [0.25, 0.3) is 0 Å². The van der Waals surface area contributed by atoms with E-state index in [4.69, 9.17) is 9.47 Å². The fourth-order valence-corrected chi connectivity index (χ4v) is 2.71. The molecule has 2 heterocycles. The second-order valence-corrected chi connectivity index (χ2v) is 5.76. The Kier molecular flexibility index (Phi) is 4.60. The summed E-state index contributed by atoms with van der Waals surface area (Å²) in [4.78, 5) is 19.8. The molecule has 0 atom stereocenters. The SMILES string of the molecule is COc1cc2nc(CNC(=O)Cc3cc(C)nn3C)[nH]c2cc1OC. The summed E-state index contributed by atoms with van der Waals surface area (Å²) in [7, 11) is 4.99. The fourth-order valence-electron chi connectivity index (χ4n) is 2.71. The second-order valence-electron chi connectivity index (χ2n) is 5.76. The fraction of sp³-hybridized carbons (Fsp3) is 0.353. The van der Waals surface area contributed by atoms with Gasteiger partial charge in [-0.05, 0) is 13.0 Å². The Hall–Kier alpha value is -3.03. The zero-order valence-corrected chi connectivity index (χ0v) is 14.7. The van der Waals surface area contributed by atoms with Crippen LogP contribution in [0.15, 0.2) is 18.2 Å². The molecular weight excluding hydrogens is 322 g/mol. The van der Waals surface area contributed by atoms with E-state index in [2.05, 4.69) is 20.4 Å². The number of aromatic nitrogens is 4. The summed E-state index contributed by atoms with van der Waals surface area (Å²) in [5, 5.41) is 7.10. The largest absolute Gasteiger partial charge is 0.493 e. The molecule has 0 saturated carbocycles. The molecule has 0 radical (unpaired) electrons. The topological polar surface area (TPSA) is 94.1 Å². The van der Waals surface area contributed by atoms with Crippen LogP contribution in [-0.4, -0.2) is 39.9 Å². The van der Waals surface area contributed by atoms with Crippen molar-refractivity contribution < 1.29 is 14.3 Å². The van der Waals surface area contributed by atoms with E-state index in [1.165, 1.54) is 0 Å². The van der Waals surface area contributed by atoms with E-state index in [1.54, 1.807) is 25.0 Å². The van der Waals surface area contributed by atoms with Gasteiger partial charge in [-0.25, -0.2) is 4.98 Å². The van der Waals surface area contributed by atoms with Crippen LogP contribution < -0.4 is 14.8 Å². The molecule has 0 unspecified atom stereocenters. The van der Waals surface area contributed by atoms with Gasteiger partial charge in [-0.2, -0.15) is 5.10 Å². The van der Waals surface area contributed by atoms with Crippen molar-refractivity contribution in [3.63, 3.8) is 0 Å². The smallest absolute Gasteiger partial charge is 0.226 e. The molecule has 0 aliphatic heterocycles. The Balaban J connectivity index is 1.68. The van der Waals surface area contributed by atoms with E-state index in [-0.39, 0.29) is 12.3 Å². The highest BCUT2D eigenvalue weighted by Crippen LogP contribution is 2.30. The lowest BCUT2D eigenvalue weighted by molar-refractivity contribution is -0.120. The maximum absolute atomic E-state index is 12.1. The minimum absolute atomic E-state index is 0.0846. The van der Waals surface area contributed by atoms with Crippen LogP contribution >= 0.6 is 0 Å². The number of carbonyl (C=O) groups excluding carboxylic acids is 1. The minimum atomic E-state index is -0.0846. The molecule has 0 aliphatic rings. The summed E-state index contributed by atoms with van der Waals surface area (Å²) >= 11 is 0. The molecule has 2 aromatic heterocycles. The number of H-pyrrole nitrogens is 1. The number of hydrogen-bond acceptors (Lipinski definition) is 5. The summed E-state index contributed by atoms with van der Waals surface area (Å²) < 4.78 is 12.3. The number of nitrogens with one attached hydrogen (secondary N) is 2. The Bertz CT molecular complexity index is 872. The summed E-state index contributed by atoms with van der Waals surface area (Å²) in [6.45, 7) is 2.22. The first-order valence-electron chi connectivity index (χ1n) is 7.87. The van der Waals surface area contributed by atoms with Gasteiger partial charge >= 0.3 is 0 Å². The van der Waals surface area contributed by atoms with Gasteiger partial charge in [0.2, 0.25) is 5.91 Å². The van der Waals surface area contributed by atoms with E-state index >= 15 is 0 Å². The lowest BCUT2D eigenvalue weighted by atomic mass is 10.2. The third-order valence-corrected chi connectivity index (χ3v) is 3.93. The van der Waals surface area contributed by atoms with Crippen LogP contribution in [0.1, 0.15) is 17.2 Å². The monoisotopic (exact) mass is 343 g/mol. The normalized spacial score (nSPS) is 10.9. The van der Waals surface area contributed by atoms with Crippen LogP contribution in [0.3, 0.4) is 0 Å². The second kappa shape index (κ2) is 6.84. The average molecular weight is 343 g/mol. The van der Waals surface area contributed by atoms with Crippen molar-refractivity contribution in [2.45, 2.75) is 19.9 Å². The van der Waals surface area contributed by atoms with Crippen LogP contribution in [0.4, 0.5) is 0 Å². The Morgan fingerprint density at radius 2 is 1.96 bits per heavy atom. The third-order valence-electron chi connectivity index (χ3n) is 3.93. The van der Waals surface area contributed by atoms with E-state index in [0.29, 0.717) is 23.9 Å². The van der Waals surface area contributed by atoms with Gasteiger partial charge in [0.15, 0.2) is 11.5 Å². The molecule has 0 saturated heterocycles. The summed E-state index contributed by atoms with van der Waals surface area (Å²) in [6, 6.07) is 5.53. The van der Waals surface area contributed by atoms with Crippen molar-refractivity contribution in [2.75, 3.05) is 14.2 Å². The molecular formula is C17H21N5O3. The third kappa shape index (κ3) is 3.57. The lowest BCUT2D eigenvalue weighted by Crippen LogP contribution is -2.25. The molecule has 0 fully saturated rings. The zero-order valence-electron chi connectivity index (χ0n) is 14.7. The van der Waals surface area contributed by atoms with Crippen LogP contribution in [0.2, 0.25) is 0 Å². The highest BCUT2D eigenvalue weighted by molar-refractivity contribution is 5.80. The lowest BCUT2D eigenvalue weighted by Gasteiger charge is -2.06. The predicted molar refractivity (Wildman–Crippen MR) is 92.7 cm³/mol. The average Bonchev–Trinajstić information content (AvgIpc) is 3.13. The number of aromatic amines is 1. The van der Waals surface area contributed by atoms with Crippen molar-refractivity contribution in [1.29, 1.82) is 0 Å². The molecule has 25 heavy (non-hydrogen) atoms. The molecule has 0 bridgehead atoms. The number of nitrogens with zero attached hydrogens (tertiary/aromatic N) is 3. The van der Waals surface area contributed by atoms with Crippen molar-refractivity contribution in [3.8, 4) is 11.5 Å². The number of carbonyl (C=O) groups is 1. The molecule has 8 heteroatoms. The molecule has 1 amide bonds. The number of ether oxygens (including phenoxy) is 2. The predicted octanol–water partition coefficient (Wildman–Crippen LogP) is 1.48. The van der Waals surface area contributed by atoms with Crippen LogP contribution in [-0.2, 0) is 24.8 Å². The number of aryl methyl sites for hydroxylation is 2. The number of hydrogen-bond donors (Lipinski definition) is 2. The van der Waals surface area contributed by atoms with E-state index in [0.717, 1.165) is 22.4 Å². The minimum Gasteiger partial charge on any atom is -0.493 e. The number of amides is 1.